The van der Waals surface area contributed by atoms with Gasteiger partial charge in [-0.25, -0.2) is 0 Å². The number of rotatable bonds is 13. The number of nitrogens with one attached hydrogen (secondary N) is 1. The third-order valence-corrected chi connectivity index (χ3v) is 5.81. The minimum Gasteiger partial charge on any atom is -0.374 e. The molecule has 1 N–H and O–H groups in total. The molecule has 0 bridgehead atoms. The van der Waals surface area contributed by atoms with Crippen molar-refractivity contribution in [2.75, 3.05) is 33.4 Å². The first kappa shape index (κ1) is 18.1. The second-order valence-corrected chi connectivity index (χ2v) is 7.04. The monoisotopic (exact) mass is 277 g/mol. The molecule has 0 aromatic rings. The van der Waals surface area contributed by atoms with Crippen LogP contribution in [0.4, 0.5) is 0 Å². The summed E-state index contributed by atoms with van der Waals surface area (Å²) in [5.74, 6) is 0. The van der Waals surface area contributed by atoms with Gasteiger partial charge in [-0.2, -0.15) is 0 Å². The maximum atomic E-state index is 5.96. The largest absolute Gasteiger partial charge is 0.500 e. The van der Waals surface area contributed by atoms with E-state index in [1.54, 1.807) is 0 Å². The van der Waals surface area contributed by atoms with E-state index in [2.05, 4.69) is 12.2 Å². The zero-order chi connectivity index (χ0) is 13.7. The van der Waals surface area contributed by atoms with E-state index in [4.69, 9.17) is 13.3 Å². The van der Waals surface area contributed by atoms with Gasteiger partial charge in [0.1, 0.15) is 0 Å². The lowest BCUT2D eigenvalue weighted by molar-refractivity contribution is 0.0675. The Kier molecular flexibility index (Phi) is 12.1. The van der Waals surface area contributed by atoms with Gasteiger partial charge in [-0.1, -0.05) is 26.2 Å². The van der Waals surface area contributed by atoms with Crippen LogP contribution < -0.4 is 5.32 Å². The summed E-state index contributed by atoms with van der Waals surface area (Å²) in [7, 11) is -0.497. The SMILES string of the molecule is CCCCCC[Si](OCC)(OCC)OCCNC. The standard InChI is InChI=1S/C13H31NO3Si/c1-5-8-9-10-13-18(15-6-2,16-7-3)17-12-11-14-4/h14H,5-13H2,1-4H3. The summed E-state index contributed by atoms with van der Waals surface area (Å²) >= 11 is 0. The average molecular weight is 277 g/mol. The van der Waals surface area contributed by atoms with Gasteiger partial charge in [0.2, 0.25) is 0 Å². The van der Waals surface area contributed by atoms with Crippen LogP contribution in [0.2, 0.25) is 6.04 Å². The molecule has 0 saturated heterocycles. The molecule has 0 unspecified atom stereocenters. The van der Waals surface area contributed by atoms with E-state index in [0.717, 1.165) is 19.0 Å². The molecule has 110 valence electrons. The first-order valence-electron chi connectivity index (χ1n) is 7.31. The lowest BCUT2D eigenvalue weighted by atomic mass is 10.2. The van der Waals surface area contributed by atoms with Gasteiger partial charge in [0.05, 0.1) is 6.61 Å². The molecule has 0 atom stereocenters. The molecule has 0 fully saturated rings. The lowest BCUT2D eigenvalue weighted by Gasteiger charge is -2.29. The molecule has 0 saturated carbocycles. The van der Waals surface area contributed by atoms with E-state index in [9.17, 15) is 0 Å². The Morgan fingerprint density at radius 1 is 0.889 bits per heavy atom. The number of hydrogen-bond donors (Lipinski definition) is 1. The predicted octanol–water partition coefficient (Wildman–Crippen LogP) is 2.81. The number of likely N-dealkylation sites (N-methyl/N-ethyl adjacent to an activating group) is 1. The molecule has 0 aliphatic rings. The highest BCUT2D eigenvalue weighted by Gasteiger charge is 2.39. The Morgan fingerprint density at radius 3 is 2.06 bits per heavy atom. The molecule has 4 nitrogen and oxygen atoms in total. The summed E-state index contributed by atoms with van der Waals surface area (Å²) in [5, 5.41) is 3.09. The zero-order valence-electron chi connectivity index (χ0n) is 12.6. The lowest BCUT2D eigenvalue weighted by Crippen LogP contribution is -2.47. The highest BCUT2D eigenvalue weighted by atomic mass is 28.4. The van der Waals surface area contributed by atoms with E-state index < -0.39 is 8.80 Å². The van der Waals surface area contributed by atoms with Crippen molar-refractivity contribution in [3.05, 3.63) is 0 Å². The summed E-state index contributed by atoms with van der Waals surface area (Å²) in [4.78, 5) is 0. The molecular weight excluding hydrogens is 246 g/mol. The molecular formula is C13H31NO3Si. The summed E-state index contributed by atoms with van der Waals surface area (Å²) in [5.41, 5.74) is 0. The molecule has 0 heterocycles. The van der Waals surface area contributed by atoms with Crippen molar-refractivity contribution < 1.29 is 13.3 Å². The Hall–Kier alpha value is 0.0569. The zero-order valence-corrected chi connectivity index (χ0v) is 13.6. The van der Waals surface area contributed by atoms with Gasteiger partial charge in [0.25, 0.3) is 0 Å². The van der Waals surface area contributed by atoms with Crippen LogP contribution in [0.25, 0.3) is 0 Å². The van der Waals surface area contributed by atoms with E-state index in [1.165, 1.54) is 19.3 Å². The van der Waals surface area contributed by atoms with E-state index >= 15 is 0 Å². The Bertz CT molecular complexity index is 176. The smallest absolute Gasteiger partial charge is 0.374 e. The molecule has 0 amide bonds. The highest BCUT2D eigenvalue weighted by molar-refractivity contribution is 6.60. The van der Waals surface area contributed by atoms with Crippen molar-refractivity contribution >= 4 is 8.80 Å². The maximum absolute atomic E-state index is 5.96. The molecule has 0 aromatic carbocycles. The normalized spacial score (nSPS) is 12.0. The fourth-order valence-corrected chi connectivity index (χ4v) is 4.52. The minimum atomic E-state index is -2.42. The van der Waals surface area contributed by atoms with Gasteiger partial charge in [-0.05, 0) is 27.3 Å². The maximum Gasteiger partial charge on any atom is 0.500 e. The van der Waals surface area contributed by atoms with Gasteiger partial charge in [0.15, 0.2) is 0 Å². The van der Waals surface area contributed by atoms with Crippen LogP contribution in [0.3, 0.4) is 0 Å². The van der Waals surface area contributed by atoms with Crippen LogP contribution in [-0.2, 0) is 13.3 Å². The van der Waals surface area contributed by atoms with Gasteiger partial charge < -0.3 is 18.6 Å². The van der Waals surface area contributed by atoms with Crippen LogP contribution in [0.5, 0.6) is 0 Å². The quantitative estimate of drug-likeness (QED) is 0.415. The summed E-state index contributed by atoms with van der Waals surface area (Å²) in [6.45, 7) is 9.07. The average Bonchev–Trinajstić information content (AvgIpc) is 2.36. The second-order valence-electron chi connectivity index (χ2n) is 4.31. The van der Waals surface area contributed by atoms with Gasteiger partial charge >= 0.3 is 8.80 Å². The molecule has 18 heavy (non-hydrogen) atoms. The number of unbranched alkanes of at least 4 members (excludes halogenated alkanes) is 3. The summed E-state index contributed by atoms with van der Waals surface area (Å²) in [6, 6.07) is 0.943. The number of hydrogen-bond acceptors (Lipinski definition) is 4. The second kappa shape index (κ2) is 12.1. The minimum absolute atomic E-state index is 0.663. The van der Waals surface area contributed by atoms with Gasteiger partial charge in [0, 0.05) is 25.8 Å². The first-order chi connectivity index (χ1) is 8.74. The van der Waals surface area contributed by atoms with Crippen LogP contribution in [0.1, 0.15) is 46.5 Å². The highest BCUT2D eigenvalue weighted by Crippen LogP contribution is 2.20. The molecule has 0 aliphatic carbocycles. The van der Waals surface area contributed by atoms with Crippen LogP contribution in [-0.4, -0.2) is 42.2 Å². The summed E-state index contributed by atoms with van der Waals surface area (Å²) < 4.78 is 17.7. The van der Waals surface area contributed by atoms with Crippen molar-refractivity contribution in [2.24, 2.45) is 0 Å². The Morgan fingerprint density at radius 2 is 1.56 bits per heavy atom. The molecule has 0 aliphatic heterocycles. The topological polar surface area (TPSA) is 39.7 Å². The van der Waals surface area contributed by atoms with Crippen LogP contribution in [0, 0.1) is 0 Å². The van der Waals surface area contributed by atoms with E-state index in [-0.39, 0.29) is 0 Å². The predicted molar refractivity (Wildman–Crippen MR) is 77.8 cm³/mol. The third-order valence-electron chi connectivity index (χ3n) is 2.74. The van der Waals surface area contributed by atoms with Crippen molar-refractivity contribution in [1.82, 2.24) is 5.32 Å². The van der Waals surface area contributed by atoms with Gasteiger partial charge in [-0.15, -0.1) is 0 Å². The van der Waals surface area contributed by atoms with E-state index in [1.807, 2.05) is 20.9 Å². The molecule has 0 spiro atoms. The third kappa shape index (κ3) is 8.21. The van der Waals surface area contributed by atoms with Crippen molar-refractivity contribution in [3.63, 3.8) is 0 Å². The molecule has 5 heteroatoms. The van der Waals surface area contributed by atoms with Crippen molar-refractivity contribution in [3.8, 4) is 0 Å². The molecule has 0 aromatic heterocycles. The fourth-order valence-electron chi connectivity index (χ4n) is 1.86. The van der Waals surface area contributed by atoms with Crippen molar-refractivity contribution in [2.45, 2.75) is 52.5 Å². The molecule has 0 rings (SSSR count). The van der Waals surface area contributed by atoms with Crippen LogP contribution >= 0.6 is 0 Å². The van der Waals surface area contributed by atoms with E-state index in [0.29, 0.717) is 19.8 Å². The van der Waals surface area contributed by atoms with Gasteiger partial charge in [-0.3, -0.25) is 0 Å². The Labute approximate surface area is 114 Å². The fraction of sp³-hybridized carbons (Fsp3) is 1.00. The Balaban J connectivity index is 4.23. The van der Waals surface area contributed by atoms with Crippen LogP contribution in [0.15, 0.2) is 0 Å². The summed E-state index contributed by atoms with van der Waals surface area (Å²) in [6.07, 6.45) is 4.90. The van der Waals surface area contributed by atoms with Crippen molar-refractivity contribution in [1.29, 1.82) is 0 Å². The first-order valence-corrected chi connectivity index (χ1v) is 9.24. The molecule has 0 radical (unpaired) electrons.